The fourth-order valence-electron chi connectivity index (χ4n) is 1.15. The number of hydrogen-bond acceptors (Lipinski definition) is 3. The third-order valence-electron chi connectivity index (χ3n) is 1.83. The van der Waals surface area contributed by atoms with Crippen LogP contribution < -0.4 is 5.73 Å². The number of benzene rings is 1. The maximum absolute atomic E-state index is 5.57. The fourth-order valence-corrected chi connectivity index (χ4v) is 1.42. The molecule has 0 aliphatic heterocycles. The smallest absolute Gasteiger partial charge is 0.127 e. The van der Waals surface area contributed by atoms with E-state index in [9.17, 15) is 0 Å². The number of nitrogens with zero attached hydrogens (tertiary/aromatic N) is 2. The molecule has 0 bridgehead atoms. The first-order valence-electron chi connectivity index (χ1n) is 4.09. The molecule has 2 rings (SSSR count). The summed E-state index contributed by atoms with van der Waals surface area (Å²) < 4.78 is 1.04. The summed E-state index contributed by atoms with van der Waals surface area (Å²) in [5.41, 5.74) is 7.43. The fraction of sp³-hybridized carbons (Fsp3) is 0. The molecule has 0 spiro atoms. The summed E-state index contributed by atoms with van der Waals surface area (Å²) >= 11 is 3.38. The lowest BCUT2D eigenvalue weighted by molar-refractivity contribution is 1.18. The Kier molecular flexibility index (Phi) is 2.45. The number of nitrogen functional groups attached to an aromatic ring is 1. The van der Waals surface area contributed by atoms with Crippen LogP contribution in [0, 0.1) is 0 Å². The molecule has 0 aliphatic carbocycles. The molecule has 0 saturated heterocycles. The molecule has 0 unspecified atom stereocenters. The monoisotopic (exact) mass is 249 g/mol. The van der Waals surface area contributed by atoms with E-state index in [2.05, 4.69) is 25.9 Å². The predicted octanol–water partition coefficient (Wildman–Crippen LogP) is 2.49. The van der Waals surface area contributed by atoms with Gasteiger partial charge in [0.15, 0.2) is 0 Å². The number of halogens is 1. The van der Waals surface area contributed by atoms with Gasteiger partial charge in [0.2, 0.25) is 0 Å². The molecule has 1 aromatic carbocycles. The van der Waals surface area contributed by atoms with Crippen molar-refractivity contribution in [2.45, 2.75) is 0 Å². The summed E-state index contributed by atoms with van der Waals surface area (Å²) in [6.45, 7) is 0. The highest BCUT2D eigenvalue weighted by Gasteiger charge is 1.99. The van der Waals surface area contributed by atoms with Gasteiger partial charge in [-0.25, -0.2) is 9.97 Å². The standard InChI is InChI=1S/C10H8BrN3/c11-8-3-1-7(2-4-8)9-5-10(12)14-6-13-9/h1-6H,(H2,12,13,14). The minimum atomic E-state index is 0.484. The summed E-state index contributed by atoms with van der Waals surface area (Å²) in [5, 5.41) is 0. The van der Waals surface area contributed by atoms with Crippen LogP contribution in [0.3, 0.4) is 0 Å². The van der Waals surface area contributed by atoms with Crippen LogP contribution in [0.25, 0.3) is 11.3 Å². The van der Waals surface area contributed by atoms with E-state index in [-0.39, 0.29) is 0 Å². The van der Waals surface area contributed by atoms with Crippen molar-refractivity contribution in [3.8, 4) is 11.3 Å². The maximum atomic E-state index is 5.57. The molecule has 2 aromatic rings. The van der Waals surface area contributed by atoms with Crippen molar-refractivity contribution in [2.24, 2.45) is 0 Å². The lowest BCUT2D eigenvalue weighted by Crippen LogP contribution is -1.92. The number of nitrogens with two attached hydrogens (primary N) is 1. The van der Waals surface area contributed by atoms with Crippen LogP contribution in [0.5, 0.6) is 0 Å². The molecule has 4 heteroatoms. The minimum absolute atomic E-state index is 0.484. The molecule has 1 heterocycles. The van der Waals surface area contributed by atoms with Crippen LogP contribution in [0.1, 0.15) is 0 Å². The number of rotatable bonds is 1. The highest BCUT2D eigenvalue weighted by atomic mass is 79.9. The van der Waals surface area contributed by atoms with E-state index in [0.29, 0.717) is 5.82 Å². The second kappa shape index (κ2) is 3.75. The van der Waals surface area contributed by atoms with E-state index in [1.54, 1.807) is 6.07 Å². The van der Waals surface area contributed by atoms with Crippen LogP contribution in [0.2, 0.25) is 0 Å². The van der Waals surface area contributed by atoms with Crippen molar-refractivity contribution in [1.82, 2.24) is 9.97 Å². The van der Waals surface area contributed by atoms with Gasteiger partial charge >= 0.3 is 0 Å². The zero-order valence-electron chi connectivity index (χ0n) is 7.31. The van der Waals surface area contributed by atoms with E-state index in [1.165, 1.54) is 6.33 Å². The maximum Gasteiger partial charge on any atom is 0.127 e. The van der Waals surface area contributed by atoms with Crippen LogP contribution in [0.15, 0.2) is 41.1 Å². The third-order valence-corrected chi connectivity index (χ3v) is 2.36. The van der Waals surface area contributed by atoms with E-state index < -0.39 is 0 Å². The van der Waals surface area contributed by atoms with Gasteiger partial charge in [-0.05, 0) is 12.1 Å². The second-order valence-electron chi connectivity index (χ2n) is 2.84. The van der Waals surface area contributed by atoms with E-state index in [0.717, 1.165) is 15.7 Å². The minimum Gasteiger partial charge on any atom is -0.384 e. The summed E-state index contributed by atoms with van der Waals surface area (Å²) in [4.78, 5) is 7.97. The Hall–Kier alpha value is -1.42. The Morgan fingerprint density at radius 1 is 1.07 bits per heavy atom. The van der Waals surface area contributed by atoms with Crippen molar-refractivity contribution >= 4 is 21.7 Å². The van der Waals surface area contributed by atoms with Crippen molar-refractivity contribution < 1.29 is 0 Å². The van der Waals surface area contributed by atoms with Gasteiger partial charge in [-0.1, -0.05) is 28.1 Å². The average molecular weight is 250 g/mol. The second-order valence-corrected chi connectivity index (χ2v) is 3.75. The Morgan fingerprint density at radius 2 is 1.79 bits per heavy atom. The van der Waals surface area contributed by atoms with Crippen LogP contribution in [-0.2, 0) is 0 Å². The number of hydrogen-bond donors (Lipinski definition) is 1. The molecular formula is C10H8BrN3. The SMILES string of the molecule is Nc1cc(-c2ccc(Br)cc2)ncn1. The molecule has 14 heavy (non-hydrogen) atoms. The zero-order valence-corrected chi connectivity index (χ0v) is 8.90. The molecule has 0 aliphatic rings. The summed E-state index contributed by atoms with van der Waals surface area (Å²) in [6, 6.07) is 9.64. The Labute approximate surface area is 90.1 Å². The molecule has 70 valence electrons. The largest absolute Gasteiger partial charge is 0.384 e. The highest BCUT2D eigenvalue weighted by molar-refractivity contribution is 9.10. The Bertz CT molecular complexity index is 439. The van der Waals surface area contributed by atoms with Crippen molar-refractivity contribution in [1.29, 1.82) is 0 Å². The Morgan fingerprint density at radius 3 is 2.43 bits per heavy atom. The van der Waals surface area contributed by atoms with Gasteiger partial charge in [0, 0.05) is 16.1 Å². The quantitative estimate of drug-likeness (QED) is 0.845. The van der Waals surface area contributed by atoms with Crippen LogP contribution >= 0.6 is 15.9 Å². The summed E-state index contributed by atoms with van der Waals surface area (Å²) in [7, 11) is 0. The molecule has 0 fully saturated rings. The van der Waals surface area contributed by atoms with E-state index in [4.69, 9.17) is 5.73 Å². The summed E-state index contributed by atoms with van der Waals surface area (Å²) in [5.74, 6) is 0.484. The number of anilines is 1. The topological polar surface area (TPSA) is 51.8 Å². The predicted molar refractivity (Wildman–Crippen MR) is 59.6 cm³/mol. The first-order chi connectivity index (χ1) is 6.75. The first-order valence-corrected chi connectivity index (χ1v) is 4.88. The van der Waals surface area contributed by atoms with Gasteiger partial charge in [-0.2, -0.15) is 0 Å². The number of aromatic nitrogens is 2. The van der Waals surface area contributed by atoms with Crippen LogP contribution in [-0.4, -0.2) is 9.97 Å². The first kappa shape index (κ1) is 9.15. The molecular weight excluding hydrogens is 242 g/mol. The summed E-state index contributed by atoms with van der Waals surface area (Å²) in [6.07, 6.45) is 1.46. The van der Waals surface area contributed by atoms with E-state index >= 15 is 0 Å². The van der Waals surface area contributed by atoms with Gasteiger partial charge < -0.3 is 5.73 Å². The third kappa shape index (κ3) is 1.90. The van der Waals surface area contributed by atoms with Gasteiger partial charge in [-0.15, -0.1) is 0 Å². The highest BCUT2D eigenvalue weighted by Crippen LogP contribution is 2.20. The molecule has 0 radical (unpaired) electrons. The average Bonchev–Trinajstić information content (AvgIpc) is 2.19. The van der Waals surface area contributed by atoms with Crippen molar-refractivity contribution in [3.63, 3.8) is 0 Å². The molecule has 2 N–H and O–H groups in total. The van der Waals surface area contributed by atoms with Gasteiger partial charge in [0.25, 0.3) is 0 Å². The lowest BCUT2D eigenvalue weighted by Gasteiger charge is -2.00. The molecule has 0 atom stereocenters. The van der Waals surface area contributed by atoms with Crippen molar-refractivity contribution in [3.05, 3.63) is 41.1 Å². The molecule has 3 nitrogen and oxygen atoms in total. The van der Waals surface area contributed by atoms with Crippen LogP contribution in [0.4, 0.5) is 5.82 Å². The normalized spacial score (nSPS) is 10.1. The van der Waals surface area contributed by atoms with Gasteiger partial charge in [0.1, 0.15) is 12.1 Å². The van der Waals surface area contributed by atoms with Gasteiger partial charge in [0.05, 0.1) is 5.69 Å². The molecule has 0 saturated carbocycles. The molecule has 0 amide bonds. The van der Waals surface area contributed by atoms with Crippen molar-refractivity contribution in [2.75, 3.05) is 5.73 Å². The van der Waals surface area contributed by atoms with E-state index in [1.807, 2.05) is 24.3 Å². The van der Waals surface area contributed by atoms with Gasteiger partial charge in [-0.3, -0.25) is 0 Å². The lowest BCUT2D eigenvalue weighted by atomic mass is 10.1. The Balaban J connectivity index is 2.44. The molecule has 1 aromatic heterocycles. The zero-order chi connectivity index (χ0) is 9.97.